The van der Waals surface area contributed by atoms with Crippen LogP contribution in [0.1, 0.15) is 5.56 Å². The molecule has 0 N–H and O–H groups in total. The van der Waals surface area contributed by atoms with Crippen LogP contribution in [-0.2, 0) is 0 Å². The van der Waals surface area contributed by atoms with Gasteiger partial charge in [0.05, 0.1) is 11.2 Å². The smallest absolute Gasteiger partial charge is 0.0712 e. The van der Waals surface area contributed by atoms with Crippen molar-refractivity contribution >= 4 is 26.8 Å². The number of benzene rings is 2. The summed E-state index contributed by atoms with van der Waals surface area (Å²) >= 11 is 3.50. The van der Waals surface area contributed by atoms with E-state index in [9.17, 15) is 0 Å². The molecule has 0 radical (unpaired) electrons. The maximum absolute atomic E-state index is 4.73. The van der Waals surface area contributed by atoms with Crippen LogP contribution in [0.4, 0.5) is 0 Å². The number of nitrogens with zero attached hydrogens (tertiary/aromatic N) is 1. The predicted molar refractivity (Wildman–Crippen MR) is 79.6 cm³/mol. The summed E-state index contributed by atoms with van der Waals surface area (Å²) < 4.78 is 1.09. The quantitative estimate of drug-likeness (QED) is 0.618. The summed E-state index contributed by atoms with van der Waals surface area (Å²) in [6.07, 6.45) is 0. The van der Waals surface area contributed by atoms with Gasteiger partial charge >= 0.3 is 0 Å². The van der Waals surface area contributed by atoms with Gasteiger partial charge in [0.2, 0.25) is 0 Å². The lowest BCUT2D eigenvalue weighted by Gasteiger charge is -2.07. The molecule has 1 aromatic heterocycles. The van der Waals surface area contributed by atoms with Gasteiger partial charge in [-0.2, -0.15) is 0 Å². The van der Waals surface area contributed by atoms with E-state index >= 15 is 0 Å². The van der Waals surface area contributed by atoms with Gasteiger partial charge in [0, 0.05) is 15.4 Å². The second-order valence-electron chi connectivity index (χ2n) is 4.35. The number of hydrogen-bond acceptors (Lipinski definition) is 1. The fraction of sp³-hybridized carbons (Fsp3) is 0.0625. The highest BCUT2D eigenvalue weighted by Crippen LogP contribution is 2.26. The molecule has 0 aliphatic carbocycles. The van der Waals surface area contributed by atoms with Gasteiger partial charge in [0.25, 0.3) is 0 Å². The number of hydrogen-bond donors (Lipinski definition) is 0. The van der Waals surface area contributed by atoms with Crippen LogP contribution in [0.25, 0.3) is 22.2 Å². The molecule has 0 aliphatic heterocycles. The van der Waals surface area contributed by atoms with Gasteiger partial charge in [-0.1, -0.05) is 46.3 Å². The van der Waals surface area contributed by atoms with Crippen LogP contribution >= 0.6 is 15.9 Å². The molecule has 0 bridgehead atoms. The van der Waals surface area contributed by atoms with Crippen LogP contribution in [0.5, 0.6) is 0 Å². The summed E-state index contributed by atoms with van der Waals surface area (Å²) in [5.74, 6) is 0. The first-order chi connectivity index (χ1) is 8.74. The highest BCUT2D eigenvalue weighted by molar-refractivity contribution is 9.10. The van der Waals surface area contributed by atoms with E-state index in [1.165, 1.54) is 10.9 Å². The molecule has 3 rings (SSSR count). The van der Waals surface area contributed by atoms with E-state index in [4.69, 9.17) is 4.98 Å². The van der Waals surface area contributed by atoms with Gasteiger partial charge in [0.15, 0.2) is 0 Å². The number of aryl methyl sites for hydroxylation is 1. The zero-order valence-corrected chi connectivity index (χ0v) is 11.6. The van der Waals surface area contributed by atoms with E-state index < -0.39 is 0 Å². The van der Waals surface area contributed by atoms with Gasteiger partial charge in [-0.05, 0) is 36.8 Å². The summed E-state index contributed by atoms with van der Waals surface area (Å²) in [7, 11) is 0. The number of pyridine rings is 1. The van der Waals surface area contributed by atoms with Gasteiger partial charge in [0.1, 0.15) is 0 Å². The van der Waals surface area contributed by atoms with Gasteiger partial charge < -0.3 is 0 Å². The molecular formula is C16H12BrN. The summed E-state index contributed by atoms with van der Waals surface area (Å²) in [6, 6.07) is 18.6. The van der Waals surface area contributed by atoms with Crippen LogP contribution in [0, 0.1) is 6.92 Å². The summed E-state index contributed by atoms with van der Waals surface area (Å²) in [5, 5.41) is 1.20. The van der Waals surface area contributed by atoms with Crippen LogP contribution in [0.2, 0.25) is 0 Å². The summed E-state index contributed by atoms with van der Waals surface area (Å²) in [6.45, 7) is 2.13. The first-order valence-electron chi connectivity index (χ1n) is 5.86. The van der Waals surface area contributed by atoms with Crippen molar-refractivity contribution in [3.05, 3.63) is 64.6 Å². The van der Waals surface area contributed by atoms with E-state index in [1.54, 1.807) is 0 Å². The molecule has 1 heterocycles. The highest BCUT2D eigenvalue weighted by atomic mass is 79.9. The number of halogens is 1. The monoisotopic (exact) mass is 297 g/mol. The molecule has 0 atom stereocenters. The maximum Gasteiger partial charge on any atom is 0.0712 e. The molecule has 2 aromatic carbocycles. The third-order valence-corrected chi connectivity index (χ3v) is 3.54. The molecule has 2 heteroatoms. The Labute approximate surface area is 115 Å². The zero-order valence-electron chi connectivity index (χ0n) is 10.0. The predicted octanol–water partition coefficient (Wildman–Crippen LogP) is 4.97. The van der Waals surface area contributed by atoms with Gasteiger partial charge in [-0.3, -0.25) is 0 Å². The number of fused-ring (bicyclic) bond motifs is 1. The van der Waals surface area contributed by atoms with Crippen LogP contribution in [-0.4, -0.2) is 4.98 Å². The molecule has 1 nitrogen and oxygen atoms in total. The van der Waals surface area contributed by atoms with Crippen molar-refractivity contribution in [1.29, 1.82) is 0 Å². The number of rotatable bonds is 1. The Hall–Kier alpha value is -1.67. The topological polar surface area (TPSA) is 12.9 Å². The molecule has 18 heavy (non-hydrogen) atoms. The Morgan fingerprint density at radius 1 is 0.944 bits per heavy atom. The van der Waals surface area contributed by atoms with Crippen LogP contribution in [0.3, 0.4) is 0 Å². The van der Waals surface area contributed by atoms with Crippen molar-refractivity contribution < 1.29 is 0 Å². The van der Waals surface area contributed by atoms with E-state index in [1.807, 2.05) is 24.3 Å². The van der Waals surface area contributed by atoms with Gasteiger partial charge in [-0.15, -0.1) is 0 Å². The van der Waals surface area contributed by atoms with Crippen molar-refractivity contribution in [2.75, 3.05) is 0 Å². The Morgan fingerprint density at radius 3 is 2.50 bits per heavy atom. The molecular weight excluding hydrogens is 286 g/mol. The maximum atomic E-state index is 4.73. The molecule has 0 amide bonds. The van der Waals surface area contributed by atoms with Crippen molar-refractivity contribution in [2.45, 2.75) is 6.92 Å². The molecule has 0 unspecified atom stereocenters. The SMILES string of the molecule is Cc1cc(-c2ccccc2)nc2ccc(Br)cc12. The molecule has 88 valence electrons. The third kappa shape index (κ3) is 2.04. The Kier molecular flexibility index (Phi) is 2.88. The Balaban J connectivity index is 2.25. The molecule has 0 saturated heterocycles. The van der Waals surface area contributed by atoms with Crippen LogP contribution < -0.4 is 0 Å². The van der Waals surface area contributed by atoms with E-state index in [2.05, 4.69) is 53.2 Å². The zero-order chi connectivity index (χ0) is 12.5. The Morgan fingerprint density at radius 2 is 1.72 bits per heavy atom. The second kappa shape index (κ2) is 4.54. The van der Waals surface area contributed by atoms with Crippen molar-refractivity contribution in [2.24, 2.45) is 0 Å². The molecule has 0 saturated carbocycles. The molecule has 0 aliphatic rings. The lowest BCUT2D eigenvalue weighted by atomic mass is 10.1. The average molecular weight is 298 g/mol. The van der Waals surface area contributed by atoms with Crippen LogP contribution in [0.15, 0.2) is 59.1 Å². The first-order valence-corrected chi connectivity index (χ1v) is 6.66. The van der Waals surface area contributed by atoms with Crippen molar-refractivity contribution in [3.8, 4) is 11.3 Å². The minimum absolute atomic E-state index is 1.03. The third-order valence-electron chi connectivity index (χ3n) is 3.05. The molecule has 0 spiro atoms. The van der Waals surface area contributed by atoms with E-state index in [0.717, 1.165) is 21.2 Å². The normalized spacial score (nSPS) is 10.8. The Bertz CT molecular complexity index is 705. The fourth-order valence-corrected chi connectivity index (χ4v) is 2.48. The lowest BCUT2D eigenvalue weighted by Crippen LogP contribution is -1.88. The number of aromatic nitrogens is 1. The largest absolute Gasteiger partial charge is 0.248 e. The summed E-state index contributed by atoms with van der Waals surface area (Å²) in [4.78, 5) is 4.73. The van der Waals surface area contributed by atoms with E-state index in [-0.39, 0.29) is 0 Å². The van der Waals surface area contributed by atoms with Gasteiger partial charge in [-0.25, -0.2) is 4.98 Å². The molecule has 0 fully saturated rings. The van der Waals surface area contributed by atoms with E-state index in [0.29, 0.717) is 0 Å². The molecule has 3 aromatic rings. The average Bonchev–Trinajstić information content (AvgIpc) is 2.40. The second-order valence-corrected chi connectivity index (χ2v) is 5.27. The standard InChI is InChI=1S/C16H12BrN/c1-11-9-16(12-5-3-2-4-6-12)18-15-8-7-13(17)10-14(11)15/h2-10H,1H3. The minimum Gasteiger partial charge on any atom is -0.248 e. The van der Waals surface area contributed by atoms with Crippen molar-refractivity contribution in [1.82, 2.24) is 4.98 Å². The first kappa shape index (κ1) is 11.4. The minimum atomic E-state index is 1.03. The fourth-order valence-electron chi connectivity index (χ4n) is 2.12. The summed E-state index contributed by atoms with van der Waals surface area (Å²) in [5.41, 5.74) is 4.48. The highest BCUT2D eigenvalue weighted by Gasteiger charge is 2.04. The van der Waals surface area contributed by atoms with Crippen molar-refractivity contribution in [3.63, 3.8) is 0 Å². The lowest BCUT2D eigenvalue weighted by molar-refractivity contribution is 1.36.